The number of hydrogen-bond donors (Lipinski definition) is 2. The van der Waals surface area contributed by atoms with Gasteiger partial charge in [-0.3, -0.25) is 14.5 Å². The van der Waals surface area contributed by atoms with Crippen molar-refractivity contribution in [3.05, 3.63) is 117 Å². The highest BCUT2D eigenvalue weighted by Crippen LogP contribution is 2.39. The molecular weight excluding hydrogens is 667 g/mol. The number of halogens is 2. The fourth-order valence-corrected chi connectivity index (χ4v) is 8.19. The molecule has 1 saturated carbocycles. The van der Waals surface area contributed by atoms with Gasteiger partial charge in [0.15, 0.2) is 0 Å². The van der Waals surface area contributed by atoms with Crippen LogP contribution in [0, 0.1) is 0 Å². The van der Waals surface area contributed by atoms with Crippen molar-refractivity contribution in [1.29, 1.82) is 0 Å². The lowest BCUT2D eigenvalue weighted by Gasteiger charge is -2.41. The number of likely N-dealkylation sites (tertiary alicyclic amines) is 1. The second-order valence-corrected chi connectivity index (χ2v) is 14.6. The Morgan fingerprint density at radius 2 is 1.42 bits per heavy atom. The molecule has 2 N–H and O–H groups in total. The van der Waals surface area contributed by atoms with Gasteiger partial charge in [0.25, 0.3) is 11.8 Å². The first-order valence-electron chi connectivity index (χ1n) is 17.9. The van der Waals surface area contributed by atoms with Gasteiger partial charge in [-0.2, -0.15) is 0 Å². The summed E-state index contributed by atoms with van der Waals surface area (Å²) < 4.78 is 0. The van der Waals surface area contributed by atoms with E-state index in [0.29, 0.717) is 47.4 Å². The molecule has 260 valence electrons. The summed E-state index contributed by atoms with van der Waals surface area (Å²) in [5.41, 5.74) is 5.83. The molecule has 2 amide bonds. The number of rotatable bonds is 8. The van der Waals surface area contributed by atoms with Crippen molar-refractivity contribution in [2.45, 2.75) is 57.0 Å². The summed E-state index contributed by atoms with van der Waals surface area (Å²) in [5, 5.41) is 15.8. The highest BCUT2D eigenvalue weighted by atomic mass is 35.5. The Balaban J connectivity index is 1.19. The van der Waals surface area contributed by atoms with Crippen LogP contribution in [0.3, 0.4) is 0 Å². The van der Waals surface area contributed by atoms with Gasteiger partial charge in [0, 0.05) is 62.0 Å². The van der Waals surface area contributed by atoms with Gasteiger partial charge in [-0.05, 0) is 97.3 Å². The molecule has 3 aliphatic rings. The average molecular weight is 712 g/mol. The van der Waals surface area contributed by atoms with Crippen LogP contribution in [0.2, 0.25) is 10.0 Å². The molecule has 2 aliphatic heterocycles. The van der Waals surface area contributed by atoms with Gasteiger partial charge in [-0.1, -0.05) is 72.4 Å². The molecule has 1 aliphatic carbocycles. The molecule has 0 spiro atoms. The molecule has 7 nitrogen and oxygen atoms in total. The maximum absolute atomic E-state index is 13.4. The summed E-state index contributed by atoms with van der Waals surface area (Å²) in [5.74, 6) is 0.213. The van der Waals surface area contributed by atoms with E-state index in [0.717, 1.165) is 79.6 Å². The SMILES string of the molecule is O=C(NC1CCCC1)c1cccc(C(c2cc(-c3ccc(C(=O)N4CCCCC4)cc3)ccc2O)N2CCN(c3cccc(Cl)c3Cl)CC2)c1. The number of hydrogen-bond acceptors (Lipinski definition) is 5. The largest absolute Gasteiger partial charge is 0.508 e. The van der Waals surface area contributed by atoms with E-state index in [1.165, 1.54) is 6.42 Å². The van der Waals surface area contributed by atoms with Crippen molar-refractivity contribution < 1.29 is 14.7 Å². The molecule has 2 saturated heterocycles. The zero-order valence-corrected chi connectivity index (χ0v) is 29.8. The third kappa shape index (κ3) is 7.51. The lowest BCUT2D eigenvalue weighted by Crippen LogP contribution is -2.48. The minimum Gasteiger partial charge on any atom is -0.508 e. The van der Waals surface area contributed by atoms with Gasteiger partial charge in [0.05, 0.1) is 21.8 Å². The number of piperidine rings is 1. The molecule has 4 aromatic carbocycles. The summed E-state index contributed by atoms with van der Waals surface area (Å²) in [6.07, 6.45) is 7.61. The predicted octanol–water partition coefficient (Wildman–Crippen LogP) is 8.58. The number of phenolic OH excluding ortho intramolecular Hbond substituents is 1. The first-order valence-corrected chi connectivity index (χ1v) is 18.7. The Kier molecular flexibility index (Phi) is 10.6. The van der Waals surface area contributed by atoms with E-state index in [4.69, 9.17) is 23.2 Å². The number of carbonyl (C=O) groups is 2. The average Bonchev–Trinajstić information content (AvgIpc) is 3.67. The van der Waals surface area contributed by atoms with Gasteiger partial charge in [-0.15, -0.1) is 0 Å². The van der Waals surface area contributed by atoms with Crippen LogP contribution in [0.5, 0.6) is 5.75 Å². The van der Waals surface area contributed by atoms with Crippen LogP contribution in [-0.2, 0) is 0 Å². The molecule has 1 atom stereocenters. The third-order valence-electron chi connectivity index (χ3n) is 10.5. The van der Waals surface area contributed by atoms with Crippen molar-refractivity contribution >= 4 is 40.7 Å². The van der Waals surface area contributed by atoms with Crippen molar-refractivity contribution in [2.75, 3.05) is 44.2 Å². The van der Waals surface area contributed by atoms with Gasteiger partial charge < -0.3 is 20.2 Å². The Morgan fingerprint density at radius 1 is 0.720 bits per heavy atom. The number of nitrogens with one attached hydrogen (secondary N) is 1. The van der Waals surface area contributed by atoms with Crippen LogP contribution >= 0.6 is 23.2 Å². The van der Waals surface area contributed by atoms with E-state index in [1.807, 2.05) is 77.7 Å². The predicted molar refractivity (Wildman–Crippen MR) is 202 cm³/mol. The van der Waals surface area contributed by atoms with Gasteiger partial charge in [0.1, 0.15) is 5.75 Å². The van der Waals surface area contributed by atoms with Crippen molar-refractivity contribution in [1.82, 2.24) is 15.1 Å². The number of nitrogens with zero attached hydrogens (tertiary/aromatic N) is 3. The van der Waals surface area contributed by atoms with Crippen molar-refractivity contribution in [3.8, 4) is 16.9 Å². The van der Waals surface area contributed by atoms with E-state index >= 15 is 0 Å². The van der Waals surface area contributed by atoms with Crippen LogP contribution in [0.4, 0.5) is 5.69 Å². The number of aromatic hydroxyl groups is 1. The summed E-state index contributed by atoms with van der Waals surface area (Å²) >= 11 is 13.0. The van der Waals surface area contributed by atoms with Gasteiger partial charge >= 0.3 is 0 Å². The summed E-state index contributed by atoms with van der Waals surface area (Å²) in [7, 11) is 0. The molecule has 4 aromatic rings. The Bertz CT molecular complexity index is 1830. The Morgan fingerprint density at radius 3 is 2.16 bits per heavy atom. The smallest absolute Gasteiger partial charge is 0.253 e. The fourth-order valence-electron chi connectivity index (χ4n) is 7.77. The third-order valence-corrected chi connectivity index (χ3v) is 11.3. The molecule has 1 unspecified atom stereocenters. The normalized spacial score (nSPS) is 17.9. The number of carbonyl (C=O) groups excluding carboxylic acids is 2. The number of anilines is 1. The molecule has 2 heterocycles. The summed E-state index contributed by atoms with van der Waals surface area (Å²) in [4.78, 5) is 33.1. The van der Waals surface area contributed by atoms with Crippen LogP contribution in [0.25, 0.3) is 11.1 Å². The topological polar surface area (TPSA) is 76.1 Å². The first kappa shape index (κ1) is 34.4. The van der Waals surface area contributed by atoms with Crippen LogP contribution in [-0.4, -0.2) is 72.0 Å². The van der Waals surface area contributed by atoms with Gasteiger partial charge in [0.2, 0.25) is 0 Å². The van der Waals surface area contributed by atoms with Crippen LogP contribution < -0.4 is 10.2 Å². The molecule has 7 rings (SSSR count). The van der Waals surface area contributed by atoms with E-state index < -0.39 is 0 Å². The monoisotopic (exact) mass is 710 g/mol. The maximum atomic E-state index is 13.4. The number of piperazine rings is 1. The molecule has 0 radical (unpaired) electrons. The number of benzene rings is 4. The van der Waals surface area contributed by atoms with E-state index in [2.05, 4.69) is 15.1 Å². The lowest BCUT2D eigenvalue weighted by molar-refractivity contribution is 0.0724. The van der Waals surface area contributed by atoms with Crippen LogP contribution in [0.15, 0.2) is 84.9 Å². The van der Waals surface area contributed by atoms with Gasteiger partial charge in [-0.25, -0.2) is 0 Å². The quantitative estimate of drug-likeness (QED) is 0.192. The molecule has 0 aromatic heterocycles. The van der Waals surface area contributed by atoms with E-state index in [9.17, 15) is 14.7 Å². The Labute approximate surface area is 304 Å². The second-order valence-electron chi connectivity index (χ2n) is 13.8. The highest BCUT2D eigenvalue weighted by Gasteiger charge is 2.30. The standard InChI is InChI=1S/C41H44Cl2N4O3/c42-35-12-7-13-36(38(35)43)45-22-24-46(25-23-45)39(31-8-6-9-32(26-31)40(49)44-33-10-2-3-11-33)34-27-30(18-19-37(34)48)28-14-16-29(17-15-28)41(50)47-20-4-1-5-21-47/h6-9,12-19,26-27,33,39,48H,1-5,10-11,20-25H2,(H,44,49). The number of phenols is 1. The molecule has 50 heavy (non-hydrogen) atoms. The van der Waals surface area contributed by atoms with Crippen molar-refractivity contribution in [3.63, 3.8) is 0 Å². The van der Waals surface area contributed by atoms with E-state index in [1.54, 1.807) is 12.1 Å². The minimum atomic E-state index is -0.314. The Hall–Kier alpha value is -4.04. The maximum Gasteiger partial charge on any atom is 0.253 e. The zero-order chi connectivity index (χ0) is 34.6. The molecular formula is C41H44Cl2N4O3. The summed E-state index contributed by atoms with van der Waals surface area (Å²) in [6.45, 7) is 4.45. The minimum absolute atomic E-state index is 0.0601. The molecule has 3 fully saturated rings. The zero-order valence-electron chi connectivity index (χ0n) is 28.3. The lowest BCUT2D eigenvalue weighted by atomic mass is 9.91. The van der Waals surface area contributed by atoms with Crippen molar-refractivity contribution in [2.24, 2.45) is 0 Å². The molecule has 9 heteroatoms. The summed E-state index contributed by atoms with van der Waals surface area (Å²) in [6, 6.07) is 27.0. The van der Waals surface area contributed by atoms with E-state index in [-0.39, 0.29) is 29.6 Å². The molecule has 0 bridgehead atoms. The second kappa shape index (κ2) is 15.5. The first-order chi connectivity index (χ1) is 24.4. The highest BCUT2D eigenvalue weighted by molar-refractivity contribution is 6.43. The fraction of sp³-hybridized carbons (Fsp3) is 0.366. The number of amides is 2. The van der Waals surface area contributed by atoms with Crippen LogP contribution in [0.1, 0.15) is 82.8 Å².